The molecule has 1 unspecified atom stereocenters. The molecule has 0 aromatic carbocycles. The summed E-state index contributed by atoms with van der Waals surface area (Å²) in [7, 11) is 0. The highest BCUT2D eigenvalue weighted by molar-refractivity contribution is 5.24. The van der Waals surface area contributed by atoms with Gasteiger partial charge in [0.25, 0.3) is 0 Å². The lowest BCUT2D eigenvalue weighted by molar-refractivity contribution is 0.485. The third-order valence-electron chi connectivity index (χ3n) is 3.74. The Hall–Kier alpha value is -0.960. The van der Waals surface area contributed by atoms with Crippen LogP contribution in [-0.2, 0) is 11.8 Å². The lowest BCUT2D eigenvalue weighted by atomic mass is 9.95. The van der Waals surface area contributed by atoms with Crippen molar-refractivity contribution >= 4 is 0 Å². The van der Waals surface area contributed by atoms with E-state index >= 15 is 0 Å². The first kappa shape index (κ1) is 14.4. The smallest absolute Gasteiger partial charge is 0.133 e. The van der Waals surface area contributed by atoms with E-state index in [0.29, 0.717) is 6.04 Å². The molecule has 0 saturated carbocycles. The third-order valence-corrected chi connectivity index (χ3v) is 3.74. The van der Waals surface area contributed by atoms with Crippen LogP contribution in [0.4, 0.5) is 0 Å². The summed E-state index contributed by atoms with van der Waals surface area (Å²) in [5.41, 5.74) is 2.64. The second-order valence-corrected chi connectivity index (χ2v) is 6.60. The number of hydrogen-bond donors (Lipinski definition) is 1. The summed E-state index contributed by atoms with van der Waals surface area (Å²) in [6.45, 7) is 9.82. The van der Waals surface area contributed by atoms with Gasteiger partial charge in [-0.25, -0.2) is 9.97 Å². The number of aromatic nitrogens is 2. The maximum Gasteiger partial charge on any atom is 0.133 e. The normalized spacial score (nSPS) is 19.9. The second kappa shape index (κ2) is 6.00. The zero-order valence-corrected chi connectivity index (χ0v) is 12.8. The van der Waals surface area contributed by atoms with Gasteiger partial charge in [0.15, 0.2) is 0 Å². The van der Waals surface area contributed by atoms with E-state index in [0.717, 1.165) is 18.8 Å². The van der Waals surface area contributed by atoms with Gasteiger partial charge in [-0.05, 0) is 32.2 Å². The molecule has 1 atom stereocenters. The molecule has 106 valence electrons. The molecule has 0 amide bonds. The summed E-state index contributed by atoms with van der Waals surface area (Å²) in [5, 5.41) is 3.65. The minimum absolute atomic E-state index is 0.0354. The van der Waals surface area contributed by atoms with Crippen LogP contribution in [0.3, 0.4) is 0 Å². The molecule has 1 aromatic rings. The fourth-order valence-corrected chi connectivity index (χ4v) is 2.61. The second-order valence-electron chi connectivity index (χ2n) is 6.60. The molecule has 0 spiro atoms. The Labute approximate surface area is 117 Å². The van der Waals surface area contributed by atoms with Crippen molar-refractivity contribution in [2.45, 2.75) is 71.3 Å². The van der Waals surface area contributed by atoms with Gasteiger partial charge in [-0.1, -0.05) is 34.1 Å². The molecule has 0 fully saturated rings. The molecule has 1 aliphatic rings. The Morgan fingerprint density at radius 3 is 2.79 bits per heavy atom. The molecule has 0 bridgehead atoms. The Morgan fingerprint density at radius 1 is 1.32 bits per heavy atom. The fraction of sp³-hybridized carbons (Fsp3) is 0.750. The zero-order valence-electron chi connectivity index (χ0n) is 12.8. The molecule has 1 N–H and O–H groups in total. The maximum atomic E-state index is 4.85. The van der Waals surface area contributed by atoms with Crippen molar-refractivity contribution in [3.8, 4) is 0 Å². The van der Waals surface area contributed by atoms with Crippen molar-refractivity contribution in [1.29, 1.82) is 0 Å². The van der Waals surface area contributed by atoms with Crippen LogP contribution in [0, 0.1) is 0 Å². The first-order valence-electron chi connectivity index (χ1n) is 7.62. The van der Waals surface area contributed by atoms with E-state index in [1.165, 1.54) is 36.9 Å². The summed E-state index contributed by atoms with van der Waals surface area (Å²) in [4.78, 5) is 9.46. The summed E-state index contributed by atoms with van der Waals surface area (Å²) >= 11 is 0. The summed E-state index contributed by atoms with van der Waals surface area (Å²) < 4.78 is 0. The molecule has 2 rings (SSSR count). The van der Waals surface area contributed by atoms with Crippen LogP contribution in [0.25, 0.3) is 0 Å². The van der Waals surface area contributed by atoms with Crippen molar-refractivity contribution in [3.63, 3.8) is 0 Å². The molecule has 1 aromatic heterocycles. The van der Waals surface area contributed by atoms with Crippen LogP contribution in [0.2, 0.25) is 0 Å². The van der Waals surface area contributed by atoms with Crippen molar-refractivity contribution < 1.29 is 0 Å². The summed E-state index contributed by atoms with van der Waals surface area (Å²) in [6.07, 6.45) is 8.09. The average Bonchev–Trinajstić information content (AvgIpc) is 2.56. The molecule has 1 heterocycles. The number of aryl methyl sites for hydroxylation is 1. The van der Waals surface area contributed by atoms with Gasteiger partial charge in [0.1, 0.15) is 5.82 Å². The molecule has 0 radical (unpaired) electrons. The Morgan fingerprint density at radius 2 is 2.11 bits per heavy atom. The van der Waals surface area contributed by atoms with Gasteiger partial charge < -0.3 is 5.32 Å². The number of nitrogens with zero attached hydrogens (tertiary/aromatic N) is 2. The highest BCUT2D eigenvalue weighted by Gasteiger charge is 2.23. The molecular weight excluding hydrogens is 234 g/mol. The van der Waals surface area contributed by atoms with Crippen LogP contribution in [0.5, 0.6) is 0 Å². The number of rotatable bonds is 3. The summed E-state index contributed by atoms with van der Waals surface area (Å²) in [5.74, 6) is 0.974. The zero-order chi connectivity index (χ0) is 13.9. The fourth-order valence-electron chi connectivity index (χ4n) is 2.61. The number of hydrogen-bond acceptors (Lipinski definition) is 3. The van der Waals surface area contributed by atoms with Crippen LogP contribution in [0.15, 0.2) is 6.20 Å². The van der Waals surface area contributed by atoms with Crippen LogP contribution in [-0.4, -0.2) is 16.5 Å². The minimum Gasteiger partial charge on any atom is -0.310 e. The van der Waals surface area contributed by atoms with Gasteiger partial charge >= 0.3 is 0 Å². The Bertz CT molecular complexity index is 420. The minimum atomic E-state index is 0.0354. The van der Waals surface area contributed by atoms with E-state index in [2.05, 4.69) is 44.2 Å². The molecule has 3 heteroatoms. The molecule has 0 aliphatic heterocycles. The highest BCUT2D eigenvalue weighted by Crippen LogP contribution is 2.29. The predicted octanol–water partition coefficient (Wildman–Crippen LogP) is 3.54. The van der Waals surface area contributed by atoms with E-state index in [1.807, 2.05) is 0 Å². The number of nitrogens with one attached hydrogen (secondary N) is 1. The topological polar surface area (TPSA) is 37.8 Å². The van der Waals surface area contributed by atoms with E-state index in [9.17, 15) is 0 Å². The molecule has 19 heavy (non-hydrogen) atoms. The molecular formula is C16H27N3. The third kappa shape index (κ3) is 3.53. The van der Waals surface area contributed by atoms with Crippen molar-refractivity contribution in [2.75, 3.05) is 6.54 Å². The van der Waals surface area contributed by atoms with Gasteiger partial charge in [-0.3, -0.25) is 0 Å². The Kier molecular flexibility index (Phi) is 4.56. The lowest BCUT2D eigenvalue weighted by Crippen LogP contribution is -2.24. The first-order chi connectivity index (χ1) is 9.02. The van der Waals surface area contributed by atoms with Gasteiger partial charge in [-0.15, -0.1) is 0 Å². The van der Waals surface area contributed by atoms with E-state index < -0.39 is 0 Å². The Balaban J connectivity index is 2.29. The van der Waals surface area contributed by atoms with Gasteiger partial charge in [0.2, 0.25) is 0 Å². The van der Waals surface area contributed by atoms with E-state index in [1.54, 1.807) is 0 Å². The van der Waals surface area contributed by atoms with Crippen molar-refractivity contribution in [1.82, 2.24) is 15.3 Å². The molecule has 3 nitrogen and oxygen atoms in total. The molecule has 1 aliphatic carbocycles. The largest absolute Gasteiger partial charge is 0.310 e. The average molecular weight is 261 g/mol. The maximum absolute atomic E-state index is 4.85. The van der Waals surface area contributed by atoms with Gasteiger partial charge in [-0.2, -0.15) is 0 Å². The molecule has 0 saturated heterocycles. The highest BCUT2D eigenvalue weighted by atomic mass is 14.9. The van der Waals surface area contributed by atoms with Crippen molar-refractivity contribution in [3.05, 3.63) is 23.3 Å². The van der Waals surface area contributed by atoms with Crippen molar-refractivity contribution in [2.24, 2.45) is 0 Å². The standard InChI is InChI=1S/C16H27N3/c1-5-10-17-13-8-6-7-9-14-12(13)11-18-15(19-14)16(2,3)4/h11,13,17H,5-10H2,1-4H3. The van der Waals surface area contributed by atoms with Crippen LogP contribution < -0.4 is 5.32 Å². The van der Waals surface area contributed by atoms with E-state index in [-0.39, 0.29) is 5.41 Å². The van der Waals surface area contributed by atoms with Gasteiger partial charge in [0.05, 0.1) is 0 Å². The quantitative estimate of drug-likeness (QED) is 0.846. The van der Waals surface area contributed by atoms with Crippen LogP contribution >= 0.6 is 0 Å². The van der Waals surface area contributed by atoms with E-state index in [4.69, 9.17) is 4.98 Å². The monoisotopic (exact) mass is 261 g/mol. The van der Waals surface area contributed by atoms with Gasteiger partial charge in [0, 0.05) is 28.9 Å². The first-order valence-corrected chi connectivity index (χ1v) is 7.62. The predicted molar refractivity (Wildman–Crippen MR) is 79.3 cm³/mol. The SMILES string of the molecule is CCCNC1CCCCc2nc(C(C)(C)C)ncc21. The van der Waals surface area contributed by atoms with Crippen LogP contribution in [0.1, 0.15) is 76.5 Å². The number of fused-ring (bicyclic) bond motifs is 1. The lowest BCUT2D eigenvalue weighted by Gasteiger charge is -2.21. The summed E-state index contributed by atoms with van der Waals surface area (Å²) in [6, 6.07) is 0.450.